The van der Waals surface area contributed by atoms with E-state index < -0.39 is 35.2 Å². The predicted molar refractivity (Wildman–Crippen MR) is 104 cm³/mol. The van der Waals surface area contributed by atoms with E-state index in [9.17, 15) is 23.8 Å². The minimum atomic E-state index is -2.14. The van der Waals surface area contributed by atoms with Crippen molar-refractivity contribution in [3.05, 3.63) is 48.1 Å². The first-order chi connectivity index (χ1) is 13.8. The fourth-order valence-electron chi connectivity index (χ4n) is 3.75. The van der Waals surface area contributed by atoms with Crippen molar-refractivity contribution in [1.29, 1.82) is 0 Å². The number of aliphatic hydroxyl groups is 1. The molecule has 2 N–H and O–H groups in total. The number of rotatable bonds is 12. The van der Waals surface area contributed by atoms with Crippen molar-refractivity contribution in [2.45, 2.75) is 70.4 Å². The highest BCUT2D eigenvalue weighted by molar-refractivity contribution is 5.71. The Morgan fingerprint density at radius 2 is 1.90 bits per heavy atom. The van der Waals surface area contributed by atoms with E-state index in [1.54, 1.807) is 0 Å². The minimum absolute atomic E-state index is 0.264. The summed E-state index contributed by atoms with van der Waals surface area (Å²) in [4.78, 5) is 15.7. The van der Waals surface area contributed by atoms with E-state index in [0.29, 0.717) is 18.9 Å². The third-order valence-electron chi connectivity index (χ3n) is 5.49. The second-order valence-electron chi connectivity index (χ2n) is 7.46. The van der Waals surface area contributed by atoms with Gasteiger partial charge >= 0.3 is 5.97 Å². The zero-order chi connectivity index (χ0) is 21.4. The number of carboxylic acid groups (broad SMARTS) is 1. The Balaban J connectivity index is 2.40. The van der Waals surface area contributed by atoms with Gasteiger partial charge in [0.25, 0.3) is 0 Å². The smallest absolute Gasteiger partial charge is 0.309 e. The van der Waals surface area contributed by atoms with Crippen LogP contribution in [-0.4, -0.2) is 30.9 Å². The molecule has 0 aliphatic rings. The van der Waals surface area contributed by atoms with Crippen LogP contribution in [0, 0.1) is 17.6 Å². The molecule has 0 aliphatic carbocycles. The van der Waals surface area contributed by atoms with Gasteiger partial charge in [-0.1, -0.05) is 51.5 Å². The number of carboxylic acids is 1. The summed E-state index contributed by atoms with van der Waals surface area (Å²) in [5.74, 6) is -4.44. The zero-order valence-electron chi connectivity index (χ0n) is 16.9. The van der Waals surface area contributed by atoms with Gasteiger partial charge in [0, 0.05) is 11.6 Å². The van der Waals surface area contributed by atoms with Crippen LogP contribution in [0.25, 0.3) is 0 Å². The Morgan fingerprint density at radius 1 is 1.21 bits per heavy atom. The summed E-state index contributed by atoms with van der Waals surface area (Å²) in [5.41, 5.74) is -2.40. The normalized spacial score (nSPS) is 15.6. The van der Waals surface area contributed by atoms with Crippen molar-refractivity contribution in [1.82, 2.24) is 14.8 Å². The van der Waals surface area contributed by atoms with E-state index in [2.05, 4.69) is 17.0 Å². The summed E-state index contributed by atoms with van der Waals surface area (Å²) in [6.07, 6.45) is 9.03. The van der Waals surface area contributed by atoms with Gasteiger partial charge < -0.3 is 10.2 Å². The van der Waals surface area contributed by atoms with Gasteiger partial charge in [-0.15, -0.1) is 0 Å². The third kappa shape index (κ3) is 5.38. The monoisotopic (exact) mass is 409 g/mol. The van der Waals surface area contributed by atoms with Crippen LogP contribution >= 0.6 is 0 Å². The predicted octanol–water partition coefficient (Wildman–Crippen LogP) is 4.46. The van der Waals surface area contributed by atoms with E-state index in [1.807, 2.05) is 0 Å². The van der Waals surface area contributed by atoms with Crippen molar-refractivity contribution in [3.8, 4) is 0 Å². The molecule has 1 aromatic heterocycles. The van der Waals surface area contributed by atoms with Crippen LogP contribution < -0.4 is 0 Å². The molecule has 2 aromatic rings. The van der Waals surface area contributed by atoms with Crippen molar-refractivity contribution in [2.24, 2.45) is 5.92 Å². The van der Waals surface area contributed by atoms with Crippen LogP contribution in [0.3, 0.4) is 0 Å². The van der Waals surface area contributed by atoms with Crippen molar-refractivity contribution in [2.75, 3.05) is 0 Å². The molecule has 3 atom stereocenters. The van der Waals surface area contributed by atoms with Crippen LogP contribution in [0.1, 0.15) is 70.4 Å². The molecule has 0 saturated carbocycles. The van der Waals surface area contributed by atoms with E-state index >= 15 is 0 Å². The Morgan fingerprint density at radius 3 is 2.48 bits per heavy atom. The molecular weight excluding hydrogens is 380 g/mol. The van der Waals surface area contributed by atoms with Gasteiger partial charge in [0.15, 0.2) is 0 Å². The lowest BCUT2D eigenvalue weighted by atomic mass is 9.74. The molecule has 8 heteroatoms. The molecule has 29 heavy (non-hydrogen) atoms. The van der Waals surface area contributed by atoms with Gasteiger partial charge in [0.05, 0.1) is 12.0 Å². The summed E-state index contributed by atoms with van der Waals surface area (Å²) in [6.45, 7) is 3.45. The first kappa shape index (κ1) is 22.9. The summed E-state index contributed by atoms with van der Waals surface area (Å²) < 4.78 is 29.5. The topological polar surface area (TPSA) is 88.2 Å². The minimum Gasteiger partial charge on any atom is -0.481 e. The van der Waals surface area contributed by atoms with E-state index in [-0.39, 0.29) is 5.56 Å². The summed E-state index contributed by atoms with van der Waals surface area (Å²) in [6, 6.07) is 1.90. The average Bonchev–Trinajstić information content (AvgIpc) is 3.20. The summed E-state index contributed by atoms with van der Waals surface area (Å²) >= 11 is 0. The quantitative estimate of drug-likeness (QED) is 0.506. The molecule has 0 fully saturated rings. The number of benzene rings is 1. The van der Waals surface area contributed by atoms with Crippen LogP contribution in [0.4, 0.5) is 8.78 Å². The molecule has 1 heterocycles. The lowest BCUT2D eigenvalue weighted by Crippen LogP contribution is -2.46. The number of halogens is 2. The van der Waals surface area contributed by atoms with Crippen LogP contribution in [0.2, 0.25) is 0 Å². The van der Waals surface area contributed by atoms with Gasteiger partial charge in [-0.3, -0.25) is 4.79 Å². The fraction of sp³-hybridized carbons (Fsp3) is 0.571. The second kappa shape index (κ2) is 10.4. The molecule has 0 radical (unpaired) electrons. The number of carbonyl (C=O) groups is 1. The number of aliphatic carboxylic acids is 1. The molecule has 3 unspecified atom stereocenters. The SMILES string of the molecule is CCCCCCCCC(n1cncn1)C(O)(c1ccc(F)cc1F)C(C)C(=O)O. The molecule has 160 valence electrons. The first-order valence-electron chi connectivity index (χ1n) is 10.1. The number of aromatic nitrogens is 3. The third-order valence-corrected chi connectivity index (χ3v) is 5.49. The lowest BCUT2D eigenvalue weighted by molar-refractivity contribution is -0.157. The maximum atomic E-state index is 14.7. The van der Waals surface area contributed by atoms with E-state index in [4.69, 9.17) is 0 Å². The highest BCUT2D eigenvalue weighted by atomic mass is 19.1. The molecular formula is C21H29F2N3O3. The highest BCUT2D eigenvalue weighted by Gasteiger charge is 2.49. The molecule has 2 rings (SSSR count). The molecule has 0 saturated heterocycles. The summed E-state index contributed by atoms with van der Waals surface area (Å²) in [7, 11) is 0. The molecule has 0 amide bonds. The van der Waals surface area contributed by atoms with E-state index in [0.717, 1.165) is 44.2 Å². The Bertz CT molecular complexity index is 785. The standard InChI is InChI=1S/C21H29F2N3O3/c1-3-4-5-6-7-8-9-19(26-14-24-13-25-26)21(29,15(2)20(27)28)17-11-10-16(22)12-18(17)23/h10-15,19,29H,3-9H2,1-2H3,(H,27,28). The Labute approximate surface area is 169 Å². The van der Waals surface area contributed by atoms with Crippen molar-refractivity contribution < 1.29 is 23.8 Å². The number of unbranched alkanes of at least 4 members (excludes halogenated alkanes) is 5. The fourth-order valence-corrected chi connectivity index (χ4v) is 3.75. The number of hydrogen-bond donors (Lipinski definition) is 2. The highest BCUT2D eigenvalue weighted by Crippen LogP contribution is 2.43. The lowest BCUT2D eigenvalue weighted by Gasteiger charge is -2.39. The van der Waals surface area contributed by atoms with Crippen molar-refractivity contribution in [3.63, 3.8) is 0 Å². The van der Waals surface area contributed by atoms with Gasteiger partial charge in [-0.05, 0) is 19.4 Å². The van der Waals surface area contributed by atoms with Crippen molar-refractivity contribution >= 4 is 5.97 Å². The maximum Gasteiger partial charge on any atom is 0.309 e. The van der Waals surface area contributed by atoms with Crippen LogP contribution in [0.5, 0.6) is 0 Å². The largest absolute Gasteiger partial charge is 0.481 e. The average molecular weight is 409 g/mol. The van der Waals surface area contributed by atoms with Crippen LogP contribution in [-0.2, 0) is 10.4 Å². The van der Waals surface area contributed by atoms with Gasteiger partial charge in [0.2, 0.25) is 0 Å². The first-order valence-corrected chi connectivity index (χ1v) is 10.1. The van der Waals surface area contributed by atoms with Gasteiger partial charge in [-0.2, -0.15) is 5.10 Å². The summed E-state index contributed by atoms with van der Waals surface area (Å²) in [5, 5.41) is 25.4. The van der Waals surface area contributed by atoms with Gasteiger partial charge in [-0.25, -0.2) is 18.4 Å². The maximum absolute atomic E-state index is 14.7. The Kier molecular flexibility index (Phi) is 8.25. The zero-order valence-corrected chi connectivity index (χ0v) is 16.9. The molecule has 0 aliphatic heterocycles. The number of hydrogen-bond acceptors (Lipinski definition) is 4. The Hall–Kier alpha value is -2.35. The van der Waals surface area contributed by atoms with Gasteiger partial charge in [0.1, 0.15) is 29.9 Å². The molecule has 0 spiro atoms. The molecule has 1 aromatic carbocycles. The second-order valence-corrected chi connectivity index (χ2v) is 7.46. The number of nitrogens with zero attached hydrogens (tertiary/aromatic N) is 3. The van der Waals surface area contributed by atoms with E-state index in [1.165, 1.54) is 24.3 Å². The molecule has 6 nitrogen and oxygen atoms in total. The molecule has 0 bridgehead atoms. The van der Waals surface area contributed by atoms with Crippen LogP contribution in [0.15, 0.2) is 30.9 Å².